The Morgan fingerprint density at radius 1 is 0.923 bits per heavy atom. The van der Waals surface area contributed by atoms with Gasteiger partial charge in [0.05, 0.1) is 0 Å². The molecule has 3 aromatic rings. The van der Waals surface area contributed by atoms with Crippen LogP contribution in [0.25, 0.3) is 0 Å². The summed E-state index contributed by atoms with van der Waals surface area (Å²) in [6.45, 7) is 0. The molecule has 0 spiro atoms. The van der Waals surface area contributed by atoms with E-state index in [1.807, 2.05) is 12.1 Å². The van der Waals surface area contributed by atoms with Gasteiger partial charge in [-0.2, -0.15) is 0 Å². The minimum Gasteiger partial charge on any atom is -0.325 e. The number of aromatic nitrogens is 4. The average molecular weight is 368 g/mol. The Kier molecular flexibility index (Phi) is 5.59. The number of carbonyl (C=O) groups excluding carboxylic acids is 2. The third-order valence-electron chi connectivity index (χ3n) is 3.36. The van der Waals surface area contributed by atoms with Gasteiger partial charge in [0.1, 0.15) is 0 Å². The van der Waals surface area contributed by atoms with Gasteiger partial charge >= 0.3 is 0 Å². The van der Waals surface area contributed by atoms with Crippen molar-refractivity contribution in [1.82, 2.24) is 20.2 Å². The van der Waals surface area contributed by atoms with Crippen molar-refractivity contribution in [2.24, 2.45) is 7.05 Å². The molecule has 1 aromatic heterocycles. The van der Waals surface area contributed by atoms with Gasteiger partial charge in [0.2, 0.25) is 17.0 Å². The van der Waals surface area contributed by atoms with E-state index >= 15 is 0 Å². The lowest BCUT2D eigenvalue weighted by molar-refractivity contribution is -0.123. The van der Waals surface area contributed by atoms with Crippen molar-refractivity contribution in [1.29, 1.82) is 0 Å². The smallest absolute Gasteiger partial charge is 0.247 e. The van der Waals surface area contributed by atoms with Crippen LogP contribution in [0.4, 0.5) is 11.4 Å². The van der Waals surface area contributed by atoms with Gasteiger partial charge in [-0.05, 0) is 34.7 Å². The van der Waals surface area contributed by atoms with Gasteiger partial charge in [0.25, 0.3) is 0 Å². The quantitative estimate of drug-likeness (QED) is 0.509. The molecule has 0 aliphatic rings. The molecule has 26 heavy (non-hydrogen) atoms. The highest BCUT2D eigenvalue weighted by Gasteiger charge is 2.30. The molecule has 0 atom stereocenters. The van der Waals surface area contributed by atoms with Crippen LogP contribution in [-0.2, 0) is 16.6 Å². The maximum atomic E-state index is 12.7. The van der Waals surface area contributed by atoms with E-state index in [0.29, 0.717) is 16.5 Å². The molecule has 9 heteroatoms. The molecule has 8 nitrogen and oxygen atoms in total. The predicted molar refractivity (Wildman–Crippen MR) is 98.6 cm³/mol. The van der Waals surface area contributed by atoms with Gasteiger partial charge in [0.15, 0.2) is 5.25 Å². The number of nitrogens with zero attached hydrogens (tertiary/aromatic N) is 4. The topological polar surface area (TPSA) is 102 Å². The van der Waals surface area contributed by atoms with Crippen molar-refractivity contribution in [3.8, 4) is 0 Å². The van der Waals surface area contributed by atoms with Crippen LogP contribution < -0.4 is 10.6 Å². The van der Waals surface area contributed by atoms with Crippen molar-refractivity contribution in [3.63, 3.8) is 0 Å². The van der Waals surface area contributed by atoms with Crippen molar-refractivity contribution in [2.45, 2.75) is 10.4 Å². The van der Waals surface area contributed by atoms with Crippen molar-refractivity contribution in [3.05, 3.63) is 60.7 Å². The number of amides is 2. The molecule has 0 fully saturated rings. The van der Waals surface area contributed by atoms with E-state index in [1.165, 1.54) is 4.68 Å². The van der Waals surface area contributed by atoms with E-state index in [-0.39, 0.29) is 0 Å². The maximum absolute atomic E-state index is 12.7. The Balaban J connectivity index is 1.79. The number of benzene rings is 2. The Hall–Kier alpha value is -3.20. The van der Waals surface area contributed by atoms with Gasteiger partial charge in [0, 0.05) is 18.4 Å². The first kappa shape index (κ1) is 17.6. The van der Waals surface area contributed by atoms with Crippen molar-refractivity contribution >= 4 is 35.0 Å². The number of hydrogen-bond acceptors (Lipinski definition) is 6. The lowest BCUT2D eigenvalue weighted by Gasteiger charge is -2.15. The second-order valence-corrected chi connectivity index (χ2v) is 6.37. The Labute approximate surface area is 154 Å². The highest BCUT2D eigenvalue weighted by atomic mass is 32.2. The van der Waals surface area contributed by atoms with E-state index in [2.05, 4.69) is 26.2 Å². The molecule has 2 N–H and O–H groups in total. The Morgan fingerprint density at radius 2 is 1.42 bits per heavy atom. The summed E-state index contributed by atoms with van der Waals surface area (Å²) >= 11 is 0.979. The first-order valence-corrected chi connectivity index (χ1v) is 8.62. The lowest BCUT2D eigenvalue weighted by atomic mass is 10.2. The molecule has 0 aliphatic carbocycles. The van der Waals surface area contributed by atoms with E-state index in [9.17, 15) is 9.59 Å². The van der Waals surface area contributed by atoms with E-state index in [0.717, 1.165) is 11.8 Å². The molecule has 3 rings (SSSR count). The summed E-state index contributed by atoms with van der Waals surface area (Å²) in [5.41, 5.74) is 1.21. The van der Waals surface area contributed by atoms with Crippen molar-refractivity contribution < 1.29 is 9.59 Å². The van der Waals surface area contributed by atoms with E-state index in [1.54, 1.807) is 55.6 Å². The van der Waals surface area contributed by atoms with Crippen LogP contribution in [0, 0.1) is 0 Å². The zero-order valence-corrected chi connectivity index (χ0v) is 14.7. The highest BCUT2D eigenvalue weighted by molar-refractivity contribution is 8.01. The molecular weight excluding hydrogens is 352 g/mol. The van der Waals surface area contributed by atoms with Crippen LogP contribution in [-0.4, -0.2) is 37.3 Å². The van der Waals surface area contributed by atoms with Crippen LogP contribution in [0.15, 0.2) is 65.8 Å². The second-order valence-electron chi connectivity index (χ2n) is 5.29. The lowest BCUT2D eigenvalue weighted by Crippen LogP contribution is -2.36. The number of carbonyl (C=O) groups is 2. The summed E-state index contributed by atoms with van der Waals surface area (Å²) < 4.78 is 1.41. The monoisotopic (exact) mass is 368 g/mol. The minimum absolute atomic E-state index is 0.362. The average Bonchev–Trinajstić information content (AvgIpc) is 3.06. The fourth-order valence-electron chi connectivity index (χ4n) is 2.11. The highest BCUT2D eigenvalue weighted by Crippen LogP contribution is 2.23. The summed E-state index contributed by atoms with van der Waals surface area (Å²) in [6, 6.07) is 17.9. The molecule has 0 saturated carbocycles. The number of para-hydroxylation sites is 2. The number of thioether (sulfide) groups is 1. The molecule has 2 aromatic carbocycles. The molecule has 1 heterocycles. The number of anilines is 2. The number of hydrogen-bond donors (Lipinski definition) is 2. The first-order valence-electron chi connectivity index (χ1n) is 7.74. The maximum Gasteiger partial charge on any atom is 0.247 e. The molecule has 0 aliphatic heterocycles. The Morgan fingerprint density at radius 3 is 1.85 bits per heavy atom. The summed E-state index contributed by atoms with van der Waals surface area (Å²) in [7, 11) is 1.64. The largest absolute Gasteiger partial charge is 0.325 e. The number of rotatable bonds is 6. The molecule has 132 valence electrons. The fourth-order valence-corrected chi connectivity index (χ4v) is 2.93. The molecule has 2 amide bonds. The van der Waals surface area contributed by atoms with Crippen LogP contribution in [0.5, 0.6) is 0 Å². The van der Waals surface area contributed by atoms with Crippen LogP contribution in [0.2, 0.25) is 0 Å². The van der Waals surface area contributed by atoms with Gasteiger partial charge in [-0.25, -0.2) is 4.68 Å². The van der Waals surface area contributed by atoms with Gasteiger partial charge in [-0.3, -0.25) is 9.59 Å². The van der Waals surface area contributed by atoms with Gasteiger partial charge < -0.3 is 10.6 Å². The summed E-state index contributed by atoms with van der Waals surface area (Å²) in [5.74, 6) is -0.921. The van der Waals surface area contributed by atoms with E-state index in [4.69, 9.17) is 0 Å². The van der Waals surface area contributed by atoms with Crippen LogP contribution in [0.3, 0.4) is 0 Å². The first-order chi connectivity index (χ1) is 12.6. The predicted octanol–water partition coefficient (Wildman–Crippen LogP) is 1.95. The Bertz CT molecular complexity index is 831. The van der Waals surface area contributed by atoms with Crippen LogP contribution in [0.1, 0.15) is 0 Å². The fraction of sp³-hybridized carbons (Fsp3) is 0.118. The van der Waals surface area contributed by atoms with Gasteiger partial charge in [-0.1, -0.05) is 48.2 Å². The molecule has 0 saturated heterocycles. The number of tetrazole rings is 1. The van der Waals surface area contributed by atoms with E-state index < -0.39 is 17.1 Å². The standard InChI is InChI=1S/C17H16N6O2S/c1-23-17(20-21-22-23)26-14(15(24)18-12-8-4-2-5-9-12)16(25)19-13-10-6-3-7-11-13/h2-11,14H,1H3,(H,18,24)(H,19,25). The third-order valence-corrected chi connectivity index (χ3v) is 4.58. The molecule has 0 radical (unpaired) electrons. The summed E-state index contributed by atoms with van der Waals surface area (Å²) in [4.78, 5) is 25.4. The normalized spacial score (nSPS) is 10.5. The zero-order valence-electron chi connectivity index (χ0n) is 13.9. The van der Waals surface area contributed by atoms with Crippen LogP contribution >= 0.6 is 11.8 Å². The number of nitrogens with one attached hydrogen (secondary N) is 2. The molecule has 0 bridgehead atoms. The number of aryl methyl sites for hydroxylation is 1. The van der Waals surface area contributed by atoms with Crippen molar-refractivity contribution in [2.75, 3.05) is 10.6 Å². The minimum atomic E-state index is -1.07. The molecule has 0 unspecified atom stereocenters. The molecular formula is C17H16N6O2S. The summed E-state index contributed by atoms with van der Waals surface area (Å²) in [5, 5.41) is 15.9. The second kappa shape index (κ2) is 8.26. The zero-order chi connectivity index (χ0) is 18.4. The summed E-state index contributed by atoms with van der Waals surface area (Å²) in [6.07, 6.45) is 0. The van der Waals surface area contributed by atoms with Gasteiger partial charge in [-0.15, -0.1) is 5.10 Å². The SMILES string of the molecule is Cn1nnnc1SC(C(=O)Nc1ccccc1)C(=O)Nc1ccccc1. The third kappa shape index (κ3) is 4.45.